The predicted molar refractivity (Wildman–Crippen MR) is 32.1 cm³/mol. The van der Waals surface area contributed by atoms with Gasteiger partial charge in [-0.1, -0.05) is 0 Å². The van der Waals surface area contributed by atoms with Crippen molar-refractivity contribution in [2.24, 2.45) is 0 Å². The topological polar surface area (TPSA) is 0 Å². The molecule has 5 heteroatoms. The second kappa shape index (κ2) is 5.65. The van der Waals surface area contributed by atoms with Crippen LogP contribution >= 0.6 is 50.5 Å². The standard InChI is InChI=1S/Cl3S.P/c1-4(2)3;. The van der Waals surface area contributed by atoms with Crippen LogP contribution in [0, 0.1) is 0 Å². The summed E-state index contributed by atoms with van der Waals surface area (Å²) < 4.78 is 0. The van der Waals surface area contributed by atoms with Crippen molar-refractivity contribution in [1.82, 2.24) is 0 Å². The molecule has 0 saturated heterocycles. The molecule has 0 aliphatic heterocycles. The van der Waals surface area contributed by atoms with Gasteiger partial charge >= 0.3 is 0 Å². The molecule has 0 heterocycles. The highest BCUT2D eigenvalue weighted by Crippen LogP contribution is 2.40. The van der Waals surface area contributed by atoms with Gasteiger partial charge in [0.05, 0.1) is 8.54 Å². The highest BCUT2D eigenvalue weighted by molar-refractivity contribution is 8.66. The van der Waals surface area contributed by atoms with Crippen molar-refractivity contribution in [2.45, 2.75) is 0 Å². The van der Waals surface area contributed by atoms with Crippen molar-refractivity contribution in [3.8, 4) is 0 Å². The van der Waals surface area contributed by atoms with Crippen LogP contribution in [0.5, 0.6) is 0 Å². The Bertz CT molecular complexity index is 11.6. The zero-order valence-corrected chi connectivity index (χ0v) is 5.97. The van der Waals surface area contributed by atoms with Gasteiger partial charge in [0, 0.05) is 9.90 Å². The zero-order valence-electron chi connectivity index (χ0n) is 1.99. The maximum Gasteiger partial charge on any atom is 0.0669 e. The molecule has 0 amide bonds. The molecule has 0 atom stereocenters. The molecule has 0 rings (SSSR count). The molecular weight excluding hydrogens is 169 g/mol. The van der Waals surface area contributed by atoms with Gasteiger partial charge in [-0.2, -0.15) is 0 Å². The molecule has 0 aromatic rings. The molecule has 0 spiro atoms. The number of rotatable bonds is 0. The normalized spacial score (nSPS) is 7.20. The molecule has 0 saturated carbocycles. The SMILES string of the molecule is Cl[S](Cl)Cl.[P]. The van der Waals surface area contributed by atoms with E-state index in [1.54, 1.807) is 0 Å². The molecule has 5 heavy (non-hydrogen) atoms. The molecule has 32 valence electrons. The molecule has 0 fully saturated rings. The third kappa shape index (κ3) is 27.6. The first-order valence-corrected chi connectivity index (χ1v) is 4.17. The number of hydrogen-bond donors (Lipinski definition) is 0. The van der Waals surface area contributed by atoms with Gasteiger partial charge in [-0.25, -0.2) is 0 Å². The van der Waals surface area contributed by atoms with Crippen molar-refractivity contribution in [3.63, 3.8) is 0 Å². The number of hydrogen-bond acceptors (Lipinski definition) is 0. The third-order valence-corrected chi connectivity index (χ3v) is 0. The van der Waals surface area contributed by atoms with Crippen LogP contribution in [0.3, 0.4) is 0 Å². The Balaban J connectivity index is 0. The fourth-order valence-electron chi connectivity index (χ4n) is 0. The third-order valence-electron chi connectivity index (χ3n) is 0. The molecule has 0 N–H and O–H groups in total. The van der Waals surface area contributed by atoms with Gasteiger partial charge in [-0.05, 0) is 32.0 Å². The van der Waals surface area contributed by atoms with E-state index in [2.05, 4.69) is 0 Å². The van der Waals surface area contributed by atoms with Crippen LogP contribution in [-0.2, 0) is 0 Å². The van der Waals surface area contributed by atoms with Gasteiger partial charge in [-0.15, -0.1) is 0 Å². The van der Waals surface area contributed by atoms with Crippen molar-refractivity contribution < 1.29 is 0 Å². The monoisotopic (exact) mass is 168 g/mol. The van der Waals surface area contributed by atoms with Crippen LogP contribution < -0.4 is 0 Å². The Morgan fingerprint density at radius 1 is 1.00 bits per heavy atom. The Morgan fingerprint density at radius 3 is 1.00 bits per heavy atom. The highest BCUT2D eigenvalue weighted by atomic mass is 36.2. The van der Waals surface area contributed by atoms with Gasteiger partial charge in [0.25, 0.3) is 0 Å². The van der Waals surface area contributed by atoms with Crippen LogP contribution in [-0.4, -0.2) is 0 Å². The lowest BCUT2D eigenvalue weighted by Gasteiger charge is -1.71. The Hall–Kier alpha value is 1.65. The fraction of sp³-hybridized carbons (Fsp3) is 0. The first kappa shape index (κ1) is 9.82. The summed E-state index contributed by atoms with van der Waals surface area (Å²) in [7, 11) is 13.6. The van der Waals surface area contributed by atoms with Crippen LogP contribution in [0.25, 0.3) is 0 Å². The first-order chi connectivity index (χ1) is 1.73. The fourth-order valence-corrected chi connectivity index (χ4v) is 0. The van der Waals surface area contributed by atoms with Gasteiger partial charge in [0.15, 0.2) is 0 Å². The minimum Gasteiger partial charge on any atom is -0.0223 e. The van der Waals surface area contributed by atoms with E-state index in [4.69, 9.17) is 32.0 Å². The molecule has 0 aliphatic carbocycles. The Kier molecular flexibility index (Phi) is 11.1. The zero-order chi connectivity index (χ0) is 3.58. The van der Waals surface area contributed by atoms with E-state index in [0.29, 0.717) is 0 Å². The van der Waals surface area contributed by atoms with E-state index in [-0.39, 0.29) is 9.90 Å². The molecule has 0 aliphatic rings. The second-order valence-corrected chi connectivity index (χ2v) is 4.72. The van der Waals surface area contributed by atoms with Crippen molar-refractivity contribution in [2.75, 3.05) is 0 Å². The minimum atomic E-state index is -0.944. The minimum absolute atomic E-state index is 0. The van der Waals surface area contributed by atoms with Crippen molar-refractivity contribution >= 4 is 50.5 Å². The van der Waals surface area contributed by atoms with Crippen molar-refractivity contribution in [1.29, 1.82) is 0 Å². The largest absolute Gasteiger partial charge is 0.0669 e. The summed E-state index contributed by atoms with van der Waals surface area (Å²) in [6.07, 6.45) is 0. The smallest absolute Gasteiger partial charge is 0.0223 e. The van der Waals surface area contributed by atoms with Gasteiger partial charge in [0.2, 0.25) is 0 Å². The van der Waals surface area contributed by atoms with E-state index < -0.39 is 8.54 Å². The van der Waals surface area contributed by atoms with Crippen LogP contribution in [0.1, 0.15) is 0 Å². The summed E-state index contributed by atoms with van der Waals surface area (Å²) in [6, 6.07) is 0. The van der Waals surface area contributed by atoms with Crippen molar-refractivity contribution in [3.05, 3.63) is 0 Å². The van der Waals surface area contributed by atoms with Crippen LogP contribution in [0.2, 0.25) is 0 Å². The molecule has 0 aromatic carbocycles. The molecule has 0 nitrogen and oxygen atoms in total. The summed E-state index contributed by atoms with van der Waals surface area (Å²) >= 11 is 0. The quantitative estimate of drug-likeness (QED) is 0.486. The van der Waals surface area contributed by atoms with E-state index in [0.717, 1.165) is 0 Å². The van der Waals surface area contributed by atoms with Gasteiger partial charge < -0.3 is 0 Å². The van der Waals surface area contributed by atoms with Gasteiger partial charge in [0.1, 0.15) is 0 Å². The van der Waals surface area contributed by atoms with E-state index in [1.807, 2.05) is 0 Å². The molecule has 0 unspecified atom stereocenters. The van der Waals surface area contributed by atoms with E-state index in [9.17, 15) is 0 Å². The summed E-state index contributed by atoms with van der Waals surface area (Å²) in [4.78, 5) is 0. The van der Waals surface area contributed by atoms with Crippen LogP contribution in [0.15, 0.2) is 0 Å². The lowest BCUT2D eigenvalue weighted by Crippen LogP contribution is -1.06. The highest BCUT2D eigenvalue weighted by Gasteiger charge is 1.76. The van der Waals surface area contributed by atoms with Crippen LogP contribution in [0.4, 0.5) is 0 Å². The van der Waals surface area contributed by atoms with Gasteiger partial charge in [-0.3, -0.25) is 0 Å². The lowest BCUT2D eigenvalue weighted by molar-refractivity contribution is 4.79. The Labute approximate surface area is 50.6 Å². The summed E-state index contributed by atoms with van der Waals surface area (Å²) in [5.74, 6) is 0. The second-order valence-electron chi connectivity index (χ2n) is 0.175. The maximum absolute atomic E-state index is 4.83. The molecular formula is Cl3PS. The molecule has 0 bridgehead atoms. The molecule has 0 aromatic heterocycles. The summed E-state index contributed by atoms with van der Waals surface area (Å²) in [6.45, 7) is 0. The average molecular weight is 169 g/mol. The summed E-state index contributed by atoms with van der Waals surface area (Å²) in [5.41, 5.74) is 0. The molecule has 4 radical (unpaired) electrons. The van der Waals surface area contributed by atoms with E-state index >= 15 is 0 Å². The predicted octanol–water partition coefficient (Wildman–Crippen LogP) is 3.58. The average Bonchev–Trinajstić information content (AvgIpc) is 0.811. The Morgan fingerprint density at radius 2 is 1.00 bits per heavy atom. The lowest BCUT2D eigenvalue weighted by atomic mass is 31.0. The first-order valence-electron chi connectivity index (χ1n) is 0.463. The maximum atomic E-state index is 4.83. The number of halogens is 3. The summed E-state index contributed by atoms with van der Waals surface area (Å²) in [5, 5.41) is 0. The van der Waals surface area contributed by atoms with E-state index in [1.165, 1.54) is 0 Å².